The minimum absolute atomic E-state index is 0.299. The summed E-state index contributed by atoms with van der Waals surface area (Å²) in [6.07, 6.45) is -3.30. The maximum absolute atomic E-state index is 10.7. The van der Waals surface area contributed by atoms with Gasteiger partial charge in [-0.15, -0.1) is 0 Å². The molecule has 0 bridgehead atoms. The third-order valence-electron chi connectivity index (χ3n) is 2.29. The smallest absolute Gasteiger partial charge is 0.282 e. The first-order valence-corrected chi connectivity index (χ1v) is 4.78. The van der Waals surface area contributed by atoms with Crippen LogP contribution >= 0.6 is 0 Å². The van der Waals surface area contributed by atoms with Crippen molar-refractivity contribution >= 4 is 11.4 Å². The summed E-state index contributed by atoms with van der Waals surface area (Å²) in [6.45, 7) is -0.796. The predicted octanol–water partition coefficient (Wildman–Crippen LogP) is -0.110. The Morgan fingerprint density at radius 2 is 1.78 bits per heavy atom. The highest BCUT2D eigenvalue weighted by molar-refractivity contribution is 5.50. The quantitative estimate of drug-likeness (QED) is 0.493. The molecule has 2 atom stereocenters. The Bertz CT molecular complexity index is 476. The molecule has 0 saturated carbocycles. The van der Waals surface area contributed by atoms with Crippen LogP contribution in [0.4, 0.5) is 11.4 Å². The van der Waals surface area contributed by atoms with E-state index in [1.165, 1.54) is 0 Å². The van der Waals surface area contributed by atoms with Gasteiger partial charge in [-0.2, -0.15) is 0 Å². The van der Waals surface area contributed by atoms with E-state index < -0.39 is 40.0 Å². The molecule has 0 heterocycles. The maximum atomic E-state index is 10.7. The summed E-state index contributed by atoms with van der Waals surface area (Å²) in [5, 5.41) is 48.6. The molecule has 3 N–H and O–H groups in total. The van der Waals surface area contributed by atoms with Gasteiger partial charge in [0, 0.05) is 6.07 Å². The van der Waals surface area contributed by atoms with Crippen LogP contribution in [0.1, 0.15) is 11.7 Å². The minimum atomic E-state index is -1.70. The van der Waals surface area contributed by atoms with Crippen LogP contribution in [-0.4, -0.2) is 37.9 Å². The van der Waals surface area contributed by atoms with Crippen molar-refractivity contribution < 1.29 is 25.2 Å². The van der Waals surface area contributed by atoms with Crippen LogP contribution in [-0.2, 0) is 0 Å². The van der Waals surface area contributed by atoms with Gasteiger partial charge in [0.15, 0.2) is 0 Å². The monoisotopic (exact) mass is 258 g/mol. The van der Waals surface area contributed by atoms with Crippen molar-refractivity contribution in [3.05, 3.63) is 44.0 Å². The number of nitro groups is 2. The first-order valence-electron chi connectivity index (χ1n) is 4.78. The lowest BCUT2D eigenvalue weighted by molar-refractivity contribution is -0.395. The number of aliphatic hydroxyl groups is 3. The number of hydrogen-bond acceptors (Lipinski definition) is 7. The van der Waals surface area contributed by atoms with E-state index in [1.54, 1.807) is 0 Å². The van der Waals surface area contributed by atoms with Gasteiger partial charge in [-0.3, -0.25) is 20.2 Å². The highest BCUT2D eigenvalue weighted by Gasteiger charge is 2.28. The normalized spacial score (nSPS) is 13.9. The Kier molecular flexibility index (Phi) is 4.26. The van der Waals surface area contributed by atoms with Gasteiger partial charge in [-0.25, -0.2) is 0 Å². The topological polar surface area (TPSA) is 147 Å². The van der Waals surface area contributed by atoms with Crippen LogP contribution in [0.2, 0.25) is 0 Å². The lowest BCUT2D eigenvalue weighted by atomic mass is 10.0. The minimum Gasteiger partial charge on any atom is -0.394 e. The fourth-order valence-corrected chi connectivity index (χ4v) is 1.36. The molecule has 0 spiro atoms. The zero-order chi connectivity index (χ0) is 13.9. The molecule has 0 aliphatic rings. The molecule has 0 saturated heterocycles. The summed E-state index contributed by atoms with van der Waals surface area (Å²) < 4.78 is 0. The number of rotatable bonds is 5. The van der Waals surface area contributed by atoms with Gasteiger partial charge in [0.05, 0.1) is 28.1 Å². The molecular weight excluding hydrogens is 248 g/mol. The van der Waals surface area contributed by atoms with Crippen LogP contribution in [0.15, 0.2) is 18.2 Å². The second kappa shape index (κ2) is 5.49. The third-order valence-corrected chi connectivity index (χ3v) is 2.29. The van der Waals surface area contributed by atoms with E-state index in [2.05, 4.69) is 0 Å². The number of aliphatic hydroxyl groups excluding tert-OH is 3. The summed E-state index contributed by atoms with van der Waals surface area (Å²) >= 11 is 0. The van der Waals surface area contributed by atoms with Crippen molar-refractivity contribution in [2.24, 2.45) is 0 Å². The van der Waals surface area contributed by atoms with Gasteiger partial charge in [0.1, 0.15) is 12.2 Å². The fourth-order valence-electron chi connectivity index (χ4n) is 1.36. The highest BCUT2D eigenvalue weighted by Crippen LogP contribution is 2.30. The van der Waals surface area contributed by atoms with Gasteiger partial charge in [-0.1, -0.05) is 0 Å². The second-order valence-electron chi connectivity index (χ2n) is 3.45. The molecule has 98 valence electrons. The van der Waals surface area contributed by atoms with Crippen molar-refractivity contribution in [2.45, 2.75) is 12.2 Å². The largest absolute Gasteiger partial charge is 0.394 e. The van der Waals surface area contributed by atoms with E-state index in [0.29, 0.717) is 6.07 Å². The summed E-state index contributed by atoms with van der Waals surface area (Å²) in [5.74, 6) is 0. The van der Waals surface area contributed by atoms with Crippen molar-refractivity contribution in [3.8, 4) is 0 Å². The van der Waals surface area contributed by atoms with Crippen LogP contribution < -0.4 is 0 Å². The van der Waals surface area contributed by atoms with E-state index in [4.69, 9.17) is 5.11 Å². The number of benzene rings is 1. The Balaban J connectivity index is 3.27. The molecule has 18 heavy (non-hydrogen) atoms. The van der Waals surface area contributed by atoms with Gasteiger partial charge in [0.25, 0.3) is 11.4 Å². The van der Waals surface area contributed by atoms with Crippen LogP contribution in [0.25, 0.3) is 0 Å². The van der Waals surface area contributed by atoms with E-state index in [1.807, 2.05) is 0 Å². The molecule has 1 aromatic carbocycles. The van der Waals surface area contributed by atoms with Crippen molar-refractivity contribution in [1.29, 1.82) is 0 Å². The molecule has 0 aliphatic carbocycles. The average Bonchev–Trinajstić information content (AvgIpc) is 2.35. The molecule has 9 heteroatoms. The van der Waals surface area contributed by atoms with Crippen LogP contribution in [0.3, 0.4) is 0 Å². The zero-order valence-corrected chi connectivity index (χ0v) is 8.96. The SMILES string of the molecule is O=[N+]([O-])c1ccc(C(O)C(O)CO)c([N+](=O)[O-])c1. The highest BCUT2D eigenvalue weighted by atomic mass is 16.6. The molecule has 1 aromatic rings. The van der Waals surface area contributed by atoms with Crippen molar-refractivity contribution in [2.75, 3.05) is 6.61 Å². The van der Waals surface area contributed by atoms with Gasteiger partial charge in [-0.05, 0) is 6.07 Å². The van der Waals surface area contributed by atoms with E-state index in [9.17, 15) is 30.4 Å². The van der Waals surface area contributed by atoms with Gasteiger partial charge in [0.2, 0.25) is 0 Å². The molecule has 0 radical (unpaired) electrons. The molecule has 0 aliphatic heterocycles. The summed E-state index contributed by atoms with van der Waals surface area (Å²) in [5.41, 5.74) is -1.49. The van der Waals surface area contributed by atoms with Crippen molar-refractivity contribution in [1.82, 2.24) is 0 Å². The maximum Gasteiger partial charge on any atom is 0.282 e. The average molecular weight is 258 g/mol. The molecule has 1 rings (SSSR count). The van der Waals surface area contributed by atoms with Gasteiger partial charge >= 0.3 is 0 Å². The number of nitro benzene ring substituents is 2. The number of nitrogens with zero attached hydrogens (tertiary/aromatic N) is 2. The second-order valence-corrected chi connectivity index (χ2v) is 3.45. The van der Waals surface area contributed by atoms with E-state index in [-0.39, 0.29) is 5.56 Å². The van der Waals surface area contributed by atoms with Gasteiger partial charge < -0.3 is 15.3 Å². The Hall–Kier alpha value is -2.10. The standard InChI is InChI=1S/C9H10N2O7/c12-4-8(13)9(14)6-2-1-5(10(15)16)3-7(6)11(17)18/h1-3,8-9,12-14H,4H2. The molecule has 0 fully saturated rings. The lowest BCUT2D eigenvalue weighted by Crippen LogP contribution is -2.22. The predicted molar refractivity (Wildman–Crippen MR) is 57.8 cm³/mol. The molecular formula is C9H10N2O7. The van der Waals surface area contributed by atoms with E-state index >= 15 is 0 Å². The van der Waals surface area contributed by atoms with Crippen molar-refractivity contribution in [3.63, 3.8) is 0 Å². The summed E-state index contributed by atoms with van der Waals surface area (Å²) in [6, 6.07) is 2.62. The number of hydrogen-bond donors (Lipinski definition) is 3. The number of non-ortho nitro benzene ring substituents is 1. The molecule has 0 aromatic heterocycles. The molecule has 2 unspecified atom stereocenters. The Morgan fingerprint density at radius 3 is 2.22 bits per heavy atom. The summed E-state index contributed by atoms with van der Waals surface area (Å²) in [4.78, 5) is 19.5. The molecule has 0 amide bonds. The third kappa shape index (κ3) is 2.77. The Labute approximate surface area is 100 Å². The molecule has 9 nitrogen and oxygen atoms in total. The lowest BCUT2D eigenvalue weighted by Gasteiger charge is -2.15. The zero-order valence-electron chi connectivity index (χ0n) is 8.96. The van der Waals surface area contributed by atoms with E-state index in [0.717, 1.165) is 12.1 Å². The summed E-state index contributed by atoms with van der Waals surface area (Å²) in [7, 11) is 0. The van der Waals surface area contributed by atoms with Crippen LogP contribution in [0.5, 0.6) is 0 Å². The Morgan fingerprint density at radius 1 is 1.17 bits per heavy atom. The first-order chi connectivity index (χ1) is 8.38. The van der Waals surface area contributed by atoms with Crippen LogP contribution in [0, 0.1) is 20.2 Å². The first kappa shape index (κ1) is 14.0. The fraction of sp³-hybridized carbons (Fsp3) is 0.333.